The zero-order chi connectivity index (χ0) is 9.30. The minimum absolute atomic E-state index is 0.619. The fourth-order valence-electron chi connectivity index (χ4n) is 0.931. The predicted molar refractivity (Wildman–Crippen MR) is 38.1 cm³/mol. The van der Waals surface area contributed by atoms with Gasteiger partial charge in [0.15, 0.2) is 6.04 Å². The monoisotopic (exact) mass is 173 g/mol. The molecule has 0 saturated heterocycles. The Labute approximate surface area is 68.0 Å². The number of carbonyl (C=O) groups is 2. The number of hydrogen-bond donors (Lipinski definition) is 2. The van der Waals surface area contributed by atoms with Gasteiger partial charge in [-0.25, -0.2) is 0 Å². The number of primary amides is 1. The summed E-state index contributed by atoms with van der Waals surface area (Å²) in [7, 11) is 1.28. The van der Waals surface area contributed by atoms with Crippen LogP contribution in [0.15, 0.2) is 12.2 Å². The number of nitrogens with two attached hydrogens (primary N) is 1. The molecule has 5 nitrogen and oxygen atoms in total. The third-order valence-electron chi connectivity index (χ3n) is 1.58. The maximum Gasteiger partial charge on any atom is 0.256 e. The molecule has 0 spiro atoms. The van der Waals surface area contributed by atoms with Gasteiger partial charge in [-0.1, -0.05) is 0 Å². The van der Waals surface area contributed by atoms with Gasteiger partial charge in [-0.3, -0.25) is 9.59 Å². The molecule has 1 heterocycles. The molecule has 3 N–H and O–H groups in total. The molecule has 66 valence electrons. The van der Waals surface area contributed by atoms with Gasteiger partial charge in [0.1, 0.15) is 0 Å². The normalized spacial score (nSPS) is 23.2. The molecule has 2 amide bonds. The second-order valence-corrected chi connectivity index (χ2v) is 2.39. The lowest BCUT2D eigenvalue weighted by Crippen LogP contribution is -2.53. The van der Waals surface area contributed by atoms with E-state index in [-0.39, 0.29) is 0 Å². The first-order chi connectivity index (χ1) is 5.54. The fourth-order valence-corrected chi connectivity index (χ4v) is 0.931. The quantitative estimate of drug-likeness (QED) is 0.381. The number of nitrogens with zero attached hydrogens (tertiary/aromatic N) is 1. The molecule has 1 aliphatic rings. The second kappa shape index (κ2) is 2.80. The van der Waals surface area contributed by atoms with Crippen LogP contribution in [0.1, 0.15) is 0 Å². The van der Waals surface area contributed by atoms with Crippen molar-refractivity contribution in [1.82, 2.24) is 10.2 Å². The number of carbonyl (C=O) groups excluding carboxylic acids is 2. The third-order valence-corrected chi connectivity index (χ3v) is 1.58. The van der Waals surface area contributed by atoms with E-state index in [0.717, 1.165) is 11.1 Å². The highest BCUT2D eigenvalue weighted by Gasteiger charge is 2.33. The van der Waals surface area contributed by atoms with Gasteiger partial charge in [0.05, 0.1) is 6.20 Å². The summed E-state index contributed by atoms with van der Waals surface area (Å²) >= 11 is 0. The van der Waals surface area contributed by atoms with E-state index in [0.29, 0.717) is 0 Å². The first-order valence-corrected chi connectivity index (χ1v) is 3.22. The van der Waals surface area contributed by atoms with Crippen molar-refractivity contribution in [3.8, 4) is 0 Å². The average Bonchev–Trinajstić information content (AvgIpc) is 1.97. The highest BCUT2D eigenvalue weighted by atomic mass is 19.1. The maximum atomic E-state index is 12.7. The highest BCUT2D eigenvalue weighted by Crippen LogP contribution is 2.11. The zero-order valence-corrected chi connectivity index (χ0v) is 6.37. The van der Waals surface area contributed by atoms with Crippen LogP contribution >= 0.6 is 0 Å². The van der Waals surface area contributed by atoms with Gasteiger partial charge in [-0.2, -0.15) is 4.39 Å². The molecule has 0 saturated carbocycles. The van der Waals surface area contributed by atoms with Crippen molar-refractivity contribution in [1.29, 1.82) is 0 Å². The zero-order valence-electron chi connectivity index (χ0n) is 6.37. The lowest BCUT2D eigenvalue weighted by Gasteiger charge is -2.27. The molecule has 0 aromatic heterocycles. The van der Waals surface area contributed by atoms with E-state index in [1.165, 1.54) is 7.05 Å². The van der Waals surface area contributed by atoms with E-state index in [1.807, 2.05) is 0 Å². The van der Waals surface area contributed by atoms with Crippen LogP contribution in [0.4, 0.5) is 4.39 Å². The van der Waals surface area contributed by atoms with Gasteiger partial charge in [-0.05, 0) is 0 Å². The fraction of sp³-hybridized carbons (Fsp3) is 0.333. The molecule has 0 aromatic rings. The van der Waals surface area contributed by atoms with Gasteiger partial charge in [0, 0.05) is 7.05 Å². The van der Waals surface area contributed by atoms with Crippen molar-refractivity contribution >= 4 is 11.8 Å². The average molecular weight is 173 g/mol. The van der Waals surface area contributed by atoms with Crippen LogP contribution in [0, 0.1) is 0 Å². The van der Waals surface area contributed by atoms with Crippen molar-refractivity contribution < 1.29 is 14.0 Å². The predicted octanol–water partition coefficient (Wildman–Crippen LogP) is -1.33. The Morgan fingerprint density at radius 3 is 2.83 bits per heavy atom. The molecular weight excluding hydrogens is 165 g/mol. The molecular formula is C6H8FN3O2. The molecule has 12 heavy (non-hydrogen) atoms. The van der Waals surface area contributed by atoms with Gasteiger partial charge >= 0.3 is 0 Å². The van der Waals surface area contributed by atoms with E-state index in [1.54, 1.807) is 0 Å². The van der Waals surface area contributed by atoms with Crippen molar-refractivity contribution in [2.24, 2.45) is 5.73 Å². The Morgan fingerprint density at radius 2 is 2.42 bits per heavy atom. The molecule has 0 fully saturated rings. The van der Waals surface area contributed by atoms with E-state index >= 15 is 0 Å². The van der Waals surface area contributed by atoms with Crippen molar-refractivity contribution in [3.63, 3.8) is 0 Å². The summed E-state index contributed by atoms with van der Waals surface area (Å²) in [4.78, 5) is 22.4. The number of rotatable bonds is 1. The van der Waals surface area contributed by atoms with Crippen molar-refractivity contribution in [3.05, 3.63) is 12.2 Å². The van der Waals surface area contributed by atoms with Crippen molar-refractivity contribution in [2.75, 3.05) is 7.05 Å². The smallest absolute Gasteiger partial charge is 0.256 e. The molecule has 0 radical (unpaired) electrons. The van der Waals surface area contributed by atoms with Crippen LogP contribution in [0.25, 0.3) is 0 Å². The van der Waals surface area contributed by atoms with Crippen molar-refractivity contribution in [2.45, 2.75) is 6.04 Å². The minimum Gasteiger partial charge on any atom is -0.367 e. The Bertz CT molecular complexity index is 264. The molecule has 1 aliphatic heterocycles. The summed E-state index contributed by atoms with van der Waals surface area (Å²) in [6.45, 7) is 0. The molecule has 0 bridgehead atoms. The summed E-state index contributed by atoms with van der Waals surface area (Å²) in [5, 5.41) is 2.08. The van der Waals surface area contributed by atoms with Gasteiger partial charge in [0.2, 0.25) is 11.9 Å². The van der Waals surface area contributed by atoms with E-state index in [9.17, 15) is 14.0 Å². The summed E-state index contributed by atoms with van der Waals surface area (Å²) in [6, 6.07) is -1.25. The van der Waals surface area contributed by atoms with Gasteiger partial charge in [-0.15, -0.1) is 0 Å². The number of amides is 2. The SMILES string of the molecule is CN1C(F)=CNC(=O)C1C(N)=O. The summed E-state index contributed by atoms with van der Waals surface area (Å²) < 4.78 is 12.7. The molecule has 0 aromatic carbocycles. The molecule has 1 rings (SSSR count). The Kier molecular flexibility index (Phi) is 1.99. The first-order valence-electron chi connectivity index (χ1n) is 3.22. The Morgan fingerprint density at radius 1 is 1.83 bits per heavy atom. The summed E-state index contributed by atoms with van der Waals surface area (Å²) in [6.07, 6.45) is 0.877. The maximum absolute atomic E-state index is 12.7. The van der Waals surface area contributed by atoms with E-state index < -0.39 is 23.8 Å². The molecule has 0 aliphatic carbocycles. The first kappa shape index (κ1) is 8.51. The minimum atomic E-state index is -1.25. The van der Waals surface area contributed by atoms with E-state index in [4.69, 9.17) is 5.73 Å². The van der Waals surface area contributed by atoms with Crippen LogP contribution in [0.2, 0.25) is 0 Å². The van der Waals surface area contributed by atoms with Crippen LogP contribution in [-0.2, 0) is 9.59 Å². The lowest BCUT2D eigenvalue weighted by atomic mass is 10.2. The lowest BCUT2D eigenvalue weighted by molar-refractivity contribution is -0.134. The topological polar surface area (TPSA) is 75.4 Å². The second-order valence-electron chi connectivity index (χ2n) is 2.39. The standard InChI is InChI=1S/C6H8FN3O2/c1-10-3(7)2-9-6(12)4(10)5(8)11/h2,4H,1H3,(H2,8,11)(H,9,12). The highest BCUT2D eigenvalue weighted by molar-refractivity contribution is 6.04. The van der Waals surface area contributed by atoms with Gasteiger partial charge in [0.25, 0.3) is 5.91 Å². The number of halogens is 1. The number of hydrogen-bond acceptors (Lipinski definition) is 3. The third kappa shape index (κ3) is 1.23. The van der Waals surface area contributed by atoms with Crippen LogP contribution < -0.4 is 11.1 Å². The Hall–Kier alpha value is -1.59. The van der Waals surface area contributed by atoms with Gasteiger partial charge < -0.3 is 16.0 Å². The molecule has 1 unspecified atom stereocenters. The molecule has 6 heteroatoms. The van der Waals surface area contributed by atoms with Crippen LogP contribution in [0.3, 0.4) is 0 Å². The Balaban J connectivity index is 2.93. The summed E-state index contributed by atoms with van der Waals surface area (Å²) in [5.74, 6) is -2.19. The number of nitrogens with one attached hydrogen (secondary N) is 1. The van der Waals surface area contributed by atoms with E-state index in [2.05, 4.69) is 5.32 Å². The van der Waals surface area contributed by atoms with Crippen LogP contribution in [0.5, 0.6) is 0 Å². The largest absolute Gasteiger partial charge is 0.367 e. The number of likely N-dealkylation sites (N-methyl/N-ethyl adjacent to an activating group) is 1. The van der Waals surface area contributed by atoms with Crippen LogP contribution in [-0.4, -0.2) is 29.8 Å². The molecule has 1 atom stereocenters. The summed E-state index contributed by atoms with van der Waals surface area (Å²) in [5.41, 5.74) is 4.87.